The fourth-order valence-corrected chi connectivity index (χ4v) is 2.60. The molecule has 21 heavy (non-hydrogen) atoms. The Labute approximate surface area is 121 Å². The first-order chi connectivity index (χ1) is 9.91. The summed E-state index contributed by atoms with van der Waals surface area (Å²) in [5, 5.41) is 0. The van der Waals surface area contributed by atoms with Crippen LogP contribution in [0, 0.1) is 19.7 Å². The summed E-state index contributed by atoms with van der Waals surface area (Å²) in [4.78, 5) is 25.9. The predicted octanol–water partition coefficient (Wildman–Crippen LogP) is 2.83. The van der Waals surface area contributed by atoms with Crippen molar-refractivity contribution in [2.24, 2.45) is 0 Å². The average molecular weight is 284 g/mol. The third-order valence-corrected chi connectivity index (χ3v) is 3.67. The van der Waals surface area contributed by atoms with Gasteiger partial charge < -0.3 is 5.73 Å². The van der Waals surface area contributed by atoms with Crippen LogP contribution in [0.2, 0.25) is 0 Å². The normalized spacial score (nSPS) is 13.8. The zero-order valence-electron chi connectivity index (χ0n) is 11.6. The van der Waals surface area contributed by atoms with Gasteiger partial charge in [0.2, 0.25) is 0 Å². The Morgan fingerprint density at radius 1 is 0.952 bits per heavy atom. The van der Waals surface area contributed by atoms with E-state index in [0.717, 1.165) is 11.0 Å². The molecule has 0 spiro atoms. The van der Waals surface area contributed by atoms with Crippen molar-refractivity contribution in [3.63, 3.8) is 0 Å². The van der Waals surface area contributed by atoms with Gasteiger partial charge in [-0.2, -0.15) is 0 Å². The number of halogens is 1. The van der Waals surface area contributed by atoms with Crippen LogP contribution in [0.4, 0.5) is 15.8 Å². The molecule has 0 saturated carbocycles. The van der Waals surface area contributed by atoms with Gasteiger partial charge in [-0.3, -0.25) is 9.59 Å². The summed E-state index contributed by atoms with van der Waals surface area (Å²) in [7, 11) is 0. The predicted molar refractivity (Wildman–Crippen MR) is 77.9 cm³/mol. The second-order valence-electron chi connectivity index (χ2n) is 5.11. The highest BCUT2D eigenvalue weighted by molar-refractivity contribution is 6.35. The van der Waals surface area contributed by atoms with E-state index < -0.39 is 17.6 Å². The quantitative estimate of drug-likeness (QED) is 0.647. The molecule has 2 aromatic rings. The topological polar surface area (TPSA) is 63.4 Å². The van der Waals surface area contributed by atoms with Gasteiger partial charge in [0, 0.05) is 5.69 Å². The third-order valence-electron chi connectivity index (χ3n) is 3.67. The number of aryl methyl sites for hydroxylation is 2. The van der Waals surface area contributed by atoms with Crippen molar-refractivity contribution in [2.75, 3.05) is 10.6 Å². The number of carbonyl (C=O) groups excluding carboxylic acids is 2. The summed E-state index contributed by atoms with van der Waals surface area (Å²) in [5.74, 6) is -1.68. The number of nitrogen functional groups attached to an aromatic ring is 1. The Hall–Kier alpha value is -2.69. The van der Waals surface area contributed by atoms with Gasteiger partial charge in [0.25, 0.3) is 11.8 Å². The molecule has 0 bridgehead atoms. The molecule has 106 valence electrons. The number of nitrogens with zero attached hydrogens (tertiary/aromatic N) is 1. The number of nitrogens with two attached hydrogens (primary N) is 1. The lowest BCUT2D eigenvalue weighted by molar-refractivity contribution is 0.0924. The van der Waals surface area contributed by atoms with E-state index in [1.807, 2.05) is 0 Å². The number of hydrogen-bond acceptors (Lipinski definition) is 3. The third kappa shape index (κ3) is 1.81. The van der Waals surface area contributed by atoms with Crippen LogP contribution in [0.3, 0.4) is 0 Å². The molecule has 4 nitrogen and oxygen atoms in total. The first-order valence-corrected chi connectivity index (χ1v) is 6.46. The Kier molecular flexibility index (Phi) is 2.79. The number of rotatable bonds is 1. The summed E-state index contributed by atoms with van der Waals surface area (Å²) in [6.07, 6.45) is 0. The number of amides is 2. The van der Waals surface area contributed by atoms with Crippen LogP contribution in [0.1, 0.15) is 31.8 Å². The molecule has 0 aliphatic carbocycles. The minimum Gasteiger partial charge on any atom is -0.399 e. The number of imide groups is 1. The van der Waals surface area contributed by atoms with Crippen LogP contribution in [-0.2, 0) is 0 Å². The molecule has 2 aromatic carbocycles. The van der Waals surface area contributed by atoms with Crippen LogP contribution < -0.4 is 10.6 Å². The standard InChI is InChI=1S/C16H13FN2O2/c1-8-3-4-9(2)14-13(8)15(20)19(16(14)21)12-7-10(18)5-6-11(12)17/h3-7H,18H2,1-2H3. The van der Waals surface area contributed by atoms with E-state index in [1.165, 1.54) is 12.1 Å². The van der Waals surface area contributed by atoms with E-state index in [1.54, 1.807) is 26.0 Å². The zero-order valence-corrected chi connectivity index (χ0v) is 11.6. The molecular weight excluding hydrogens is 271 g/mol. The van der Waals surface area contributed by atoms with Crippen molar-refractivity contribution in [3.05, 3.63) is 58.4 Å². The molecule has 2 N–H and O–H groups in total. The Morgan fingerprint density at radius 2 is 1.48 bits per heavy atom. The fourth-order valence-electron chi connectivity index (χ4n) is 2.60. The summed E-state index contributed by atoms with van der Waals surface area (Å²) in [6, 6.07) is 7.38. The van der Waals surface area contributed by atoms with E-state index in [4.69, 9.17) is 5.73 Å². The first-order valence-electron chi connectivity index (χ1n) is 6.46. The van der Waals surface area contributed by atoms with Crippen molar-refractivity contribution in [2.45, 2.75) is 13.8 Å². The van der Waals surface area contributed by atoms with Crippen molar-refractivity contribution in [3.8, 4) is 0 Å². The SMILES string of the molecule is Cc1ccc(C)c2c1C(=O)N(c1cc(N)ccc1F)C2=O. The van der Waals surface area contributed by atoms with Crippen LogP contribution in [0.5, 0.6) is 0 Å². The molecule has 0 atom stereocenters. The molecule has 1 aliphatic rings. The fraction of sp³-hybridized carbons (Fsp3) is 0.125. The van der Waals surface area contributed by atoms with E-state index in [9.17, 15) is 14.0 Å². The van der Waals surface area contributed by atoms with Gasteiger partial charge in [-0.25, -0.2) is 9.29 Å². The largest absolute Gasteiger partial charge is 0.399 e. The first kappa shape index (κ1) is 13.3. The van der Waals surface area contributed by atoms with Crippen molar-refractivity contribution in [1.82, 2.24) is 0 Å². The second-order valence-corrected chi connectivity index (χ2v) is 5.11. The van der Waals surface area contributed by atoms with Gasteiger partial charge in [-0.05, 0) is 43.2 Å². The van der Waals surface area contributed by atoms with Gasteiger partial charge in [-0.15, -0.1) is 0 Å². The summed E-state index contributed by atoms with van der Waals surface area (Å²) in [6.45, 7) is 3.51. The van der Waals surface area contributed by atoms with Crippen LogP contribution in [0.15, 0.2) is 30.3 Å². The van der Waals surface area contributed by atoms with E-state index in [-0.39, 0.29) is 11.4 Å². The van der Waals surface area contributed by atoms with Crippen LogP contribution in [0.25, 0.3) is 0 Å². The Balaban J connectivity index is 2.23. The molecule has 2 amide bonds. The molecule has 0 aromatic heterocycles. The number of fused-ring (bicyclic) bond motifs is 1. The van der Waals surface area contributed by atoms with Gasteiger partial charge in [0.15, 0.2) is 0 Å². The molecule has 0 saturated heterocycles. The smallest absolute Gasteiger partial charge is 0.266 e. The number of benzene rings is 2. The molecule has 1 heterocycles. The molecule has 3 rings (SSSR count). The highest BCUT2D eigenvalue weighted by Gasteiger charge is 2.40. The maximum Gasteiger partial charge on any atom is 0.266 e. The van der Waals surface area contributed by atoms with Crippen molar-refractivity contribution in [1.29, 1.82) is 0 Å². The maximum absolute atomic E-state index is 14.0. The second kappa shape index (κ2) is 4.41. The Bertz CT molecular complexity index is 758. The lowest BCUT2D eigenvalue weighted by atomic mass is 9.99. The monoisotopic (exact) mass is 284 g/mol. The molecule has 5 heteroatoms. The van der Waals surface area contributed by atoms with Gasteiger partial charge in [-0.1, -0.05) is 12.1 Å². The number of hydrogen-bond donors (Lipinski definition) is 1. The van der Waals surface area contributed by atoms with Crippen LogP contribution in [-0.4, -0.2) is 11.8 Å². The van der Waals surface area contributed by atoms with Gasteiger partial charge >= 0.3 is 0 Å². The molecule has 1 aliphatic heterocycles. The highest BCUT2D eigenvalue weighted by Crippen LogP contribution is 2.34. The molecular formula is C16H13FN2O2. The number of anilines is 2. The minimum absolute atomic E-state index is 0.111. The lowest BCUT2D eigenvalue weighted by Crippen LogP contribution is -2.30. The van der Waals surface area contributed by atoms with Gasteiger partial charge in [0.1, 0.15) is 5.82 Å². The van der Waals surface area contributed by atoms with E-state index >= 15 is 0 Å². The summed E-state index contributed by atoms with van der Waals surface area (Å²) in [5.41, 5.74) is 7.87. The average Bonchev–Trinajstić information content (AvgIpc) is 2.70. The molecule has 0 radical (unpaired) electrons. The minimum atomic E-state index is -0.658. The zero-order chi connectivity index (χ0) is 15.3. The lowest BCUT2D eigenvalue weighted by Gasteiger charge is -2.15. The van der Waals surface area contributed by atoms with Gasteiger partial charge in [0.05, 0.1) is 16.8 Å². The van der Waals surface area contributed by atoms with E-state index in [0.29, 0.717) is 22.3 Å². The summed E-state index contributed by atoms with van der Waals surface area (Å²) < 4.78 is 14.0. The van der Waals surface area contributed by atoms with Crippen LogP contribution >= 0.6 is 0 Å². The van der Waals surface area contributed by atoms with Crippen molar-refractivity contribution >= 4 is 23.2 Å². The number of carbonyl (C=O) groups is 2. The Morgan fingerprint density at radius 3 is 2.00 bits per heavy atom. The van der Waals surface area contributed by atoms with E-state index in [2.05, 4.69) is 0 Å². The highest BCUT2D eigenvalue weighted by atomic mass is 19.1. The summed E-state index contributed by atoms with van der Waals surface area (Å²) >= 11 is 0. The van der Waals surface area contributed by atoms with Crippen molar-refractivity contribution < 1.29 is 14.0 Å². The molecule has 0 fully saturated rings. The molecule has 0 unspecified atom stereocenters. The maximum atomic E-state index is 14.0.